The van der Waals surface area contributed by atoms with Gasteiger partial charge in [-0.15, -0.1) is 0 Å². The number of anilines is 1. The van der Waals surface area contributed by atoms with Crippen LogP contribution in [0.15, 0.2) is 54.6 Å². The molecule has 0 saturated carbocycles. The molecule has 6 nitrogen and oxygen atoms in total. The Hall–Kier alpha value is -2.99. The Labute approximate surface area is 139 Å². The molecule has 6 heteroatoms. The molecule has 1 aliphatic heterocycles. The van der Waals surface area contributed by atoms with E-state index in [-0.39, 0.29) is 24.1 Å². The highest BCUT2D eigenvalue weighted by Gasteiger charge is 2.39. The molecule has 24 heavy (non-hydrogen) atoms. The van der Waals surface area contributed by atoms with Crippen molar-refractivity contribution in [2.75, 3.05) is 4.90 Å². The Balaban J connectivity index is 1.67. The van der Waals surface area contributed by atoms with Crippen molar-refractivity contribution in [2.45, 2.75) is 19.4 Å². The molecule has 3 rings (SSSR count). The van der Waals surface area contributed by atoms with Crippen LogP contribution in [0.1, 0.15) is 22.3 Å². The van der Waals surface area contributed by atoms with Gasteiger partial charge < -0.3 is 0 Å². The first-order valence-corrected chi connectivity index (χ1v) is 7.60. The average molecular weight is 323 g/mol. The highest BCUT2D eigenvalue weighted by Crippen LogP contribution is 2.23. The first-order chi connectivity index (χ1) is 11.6. The normalized spacial score (nSPS) is 17.2. The maximum Gasteiger partial charge on any atom is 0.265 e. The summed E-state index contributed by atoms with van der Waals surface area (Å²) >= 11 is 0. The van der Waals surface area contributed by atoms with Crippen molar-refractivity contribution in [1.29, 1.82) is 0 Å². The number of carbonyl (C=O) groups is 3. The predicted molar refractivity (Wildman–Crippen MR) is 89.1 cm³/mol. The molecule has 122 valence electrons. The number of rotatable bonds is 4. The number of carbonyl (C=O) groups excluding carboxylic acids is 3. The maximum atomic E-state index is 12.5. The van der Waals surface area contributed by atoms with Gasteiger partial charge in [0, 0.05) is 5.56 Å². The van der Waals surface area contributed by atoms with Crippen LogP contribution in [0.5, 0.6) is 0 Å². The van der Waals surface area contributed by atoms with Crippen molar-refractivity contribution in [3.05, 3.63) is 65.7 Å². The highest BCUT2D eigenvalue weighted by molar-refractivity contribution is 6.22. The summed E-state index contributed by atoms with van der Waals surface area (Å²) < 4.78 is 0. The molecule has 1 aliphatic rings. The van der Waals surface area contributed by atoms with Gasteiger partial charge in [0.15, 0.2) is 0 Å². The minimum Gasteiger partial charge on any atom is -0.287 e. The molecule has 2 aromatic carbocycles. The van der Waals surface area contributed by atoms with E-state index in [0.29, 0.717) is 11.3 Å². The Morgan fingerprint density at radius 3 is 2.54 bits per heavy atom. The molecule has 2 N–H and O–H groups in total. The molecule has 0 bridgehead atoms. The summed E-state index contributed by atoms with van der Waals surface area (Å²) in [5.74, 6) is -1.03. The summed E-state index contributed by atoms with van der Waals surface area (Å²) in [5, 5.41) is 0. The first kappa shape index (κ1) is 15.9. The lowest BCUT2D eigenvalue weighted by molar-refractivity contribution is -0.121. The van der Waals surface area contributed by atoms with Crippen LogP contribution in [-0.2, 0) is 9.59 Å². The molecular formula is C18H17N3O3. The van der Waals surface area contributed by atoms with E-state index in [1.54, 1.807) is 42.5 Å². The van der Waals surface area contributed by atoms with E-state index in [1.165, 1.54) is 0 Å². The van der Waals surface area contributed by atoms with Crippen LogP contribution in [0.25, 0.3) is 0 Å². The number of hydrogen-bond donors (Lipinski definition) is 2. The number of amides is 3. The summed E-state index contributed by atoms with van der Waals surface area (Å²) in [4.78, 5) is 37.8. The van der Waals surface area contributed by atoms with E-state index < -0.39 is 6.04 Å². The predicted octanol–water partition coefficient (Wildman–Crippen LogP) is 1.56. The van der Waals surface area contributed by atoms with Crippen LogP contribution in [0.2, 0.25) is 0 Å². The van der Waals surface area contributed by atoms with Gasteiger partial charge in [0.1, 0.15) is 6.04 Å². The van der Waals surface area contributed by atoms with Crippen molar-refractivity contribution < 1.29 is 14.4 Å². The first-order valence-electron chi connectivity index (χ1n) is 7.60. The Bertz CT molecular complexity index is 789. The zero-order valence-electron chi connectivity index (χ0n) is 13.2. The molecule has 0 aromatic heterocycles. The zero-order chi connectivity index (χ0) is 17.1. The molecule has 0 aliphatic carbocycles. The van der Waals surface area contributed by atoms with E-state index in [0.717, 1.165) is 10.5 Å². The summed E-state index contributed by atoms with van der Waals surface area (Å²) in [7, 11) is 0. The number of benzene rings is 2. The van der Waals surface area contributed by atoms with Gasteiger partial charge in [0.05, 0.1) is 12.1 Å². The van der Waals surface area contributed by atoms with E-state index in [9.17, 15) is 14.4 Å². The number of nitrogens with one attached hydrogen (secondary N) is 2. The number of imide groups is 1. The van der Waals surface area contributed by atoms with Crippen LogP contribution >= 0.6 is 0 Å². The molecule has 0 spiro atoms. The lowest BCUT2D eigenvalue weighted by Crippen LogP contribution is -2.48. The minimum atomic E-state index is -0.773. The van der Waals surface area contributed by atoms with Crippen molar-refractivity contribution in [3.8, 4) is 0 Å². The van der Waals surface area contributed by atoms with Gasteiger partial charge in [-0.3, -0.25) is 19.8 Å². The van der Waals surface area contributed by atoms with Crippen molar-refractivity contribution in [1.82, 2.24) is 10.9 Å². The van der Waals surface area contributed by atoms with Crippen LogP contribution < -0.4 is 15.8 Å². The Kier molecular flexibility index (Phi) is 4.39. The van der Waals surface area contributed by atoms with Crippen molar-refractivity contribution >= 4 is 23.4 Å². The van der Waals surface area contributed by atoms with Crippen LogP contribution in [0.3, 0.4) is 0 Å². The molecule has 1 saturated heterocycles. The fourth-order valence-corrected chi connectivity index (χ4v) is 2.60. The maximum absolute atomic E-state index is 12.5. The van der Waals surface area contributed by atoms with E-state index in [1.807, 2.05) is 19.1 Å². The standard InChI is InChI=1S/C18H17N3O3/c1-12-6-5-9-14(10-12)21-16(22)11-15(18(21)24)19-20-17(23)13-7-3-2-4-8-13/h2-10,15,19H,11H2,1H3,(H,20,23)/t15-/m1/s1. The molecule has 2 aromatic rings. The van der Waals surface area contributed by atoms with Gasteiger partial charge in [0.25, 0.3) is 11.8 Å². The number of hydrazine groups is 1. The summed E-state index contributed by atoms with van der Waals surface area (Å²) in [5.41, 5.74) is 7.12. The highest BCUT2D eigenvalue weighted by atomic mass is 16.2. The SMILES string of the molecule is Cc1cccc(N2C(=O)C[C@@H](NNC(=O)c3ccccc3)C2=O)c1. The van der Waals surface area contributed by atoms with E-state index in [4.69, 9.17) is 0 Å². The third kappa shape index (κ3) is 3.18. The van der Waals surface area contributed by atoms with Crippen molar-refractivity contribution in [3.63, 3.8) is 0 Å². The monoisotopic (exact) mass is 323 g/mol. The van der Waals surface area contributed by atoms with Gasteiger partial charge in [-0.25, -0.2) is 10.3 Å². The molecule has 3 amide bonds. The zero-order valence-corrected chi connectivity index (χ0v) is 13.2. The molecule has 1 fully saturated rings. The van der Waals surface area contributed by atoms with Crippen molar-refractivity contribution in [2.24, 2.45) is 0 Å². The van der Waals surface area contributed by atoms with E-state index in [2.05, 4.69) is 10.9 Å². The van der Waals surface area contributed by atoms with Gasteiger partial charge in [-0.2, -0.15) is 0 Å². The third-order valence-electron chi connectivity index (χ3n) is 3.80. The number of aryl methyl sites for hydroxylation is 1. The largest absolute Gasteiger partial charge is 0.287 e. The lowest BCUT2D eigenvalue weighted by Gasteiger charge is -2.16. The lowest BCUT2D eigenvalue weighted by atomic mass is 10.2. The van der Waals surface area contributed by atoms with Crippen LogP contribution in [0, 0.1) is 6.92 Å². The van der Waals surface area contributed by atoms with E-state index >= 15 is 0 Å². The average Bonchev–Trinajstić information content (AvgIpc) is 2.87. The summed E-state index contributed by atoms with van der Waals surface area (Å²) in [6.45, 7) is 1.89. The fourth-order valence-electron chi connectivity index (χ4n) is 2.60. The van der Waals surface area contributed by atoms with Gasteiger partial charge >= 0.3 is 0 Å². The molecule has 1 heterocycles. The quantitative estimate of drug-likeness (QED) is 0.661. The summed E-state index contributed by atoms with van der Waals surface area (Å²) in [6, 6.07) is 15.0. The summed E-state index contributed by atoms with van der Waals surface area (Å²) in [6.07, 6.45) is 0.00183. The van der Waals surface area contributed by atoms with Gasteiger partial charge in [-0.1, -0.05) is 30.3 Å². The third-order valence-corrected chi connectivity index (χ3v) is 3.80. The van der Waals surface area contributed by atoms with Crippen LogP contribution in [-0.4, -0.2) is 23.8 Å². The number of nitrogens with zero attached hydrogens (tertiary/aromatic N) is 1. The molecule has 0 unspecified atom stereocenters. The van der Waals surface area contributed by atoms with Gasteiger partial charge in [0.2, 0.25) is 5.91 Å². The topological polar surface area (TPSA) is 78.5 Å². The Morgan fingerprint density at radius 2 is 1.83 bits per heavy atom. The Morgan fingerprint density at radius 1 is 1.08 bits per heavy atom. The second kappa shape index (κ2) is 6.64. The molecular weight excluding hydrogens is 306 g/mol. The molecule has 0 radical (unpaired) electrons. The minimum absolute atomic E-state index is 0.00183. The van der Waals surface area contributed by atoms with Crippen LogP contribution in [0.4, 0.5) is 5.69 Å². The fraction of sp³-hybridized carbons (Fsp3) is 0.167. The smallest absolute Gasteiger partial charge is 0.265 e. The number of hydrogen-bond acceptors (Lipinski definition) is 4. The van der Waals surface area contributed by atoms with Gasteiger partial charge in [-0.05, 0) is 36.8 Å². The second-order valence-electron chi connectivity index (χ2n) is 5.63. The second-order valence-corrected chi connectivity index (χ2v) is 5.63. The molecule has 1 atom stereocenters.